The summed E-state index contributed by atoms with van der Waals surface area (Å²) in [5.74, 6) is -0.131. The summed E-state index contributed by atoms with van der Waals surface area (Å²) in [6, 6.07) is 8.93. The number of rotatable bonds is 4. The molecule has 1 atom stereocenters. The van der Waals surface area contributed by atoms with Crippen molar-refractivity contribution in [1.29, 1.82) is 5.26 Å². The van der Waals surface area contributed by atoms with Gasteiger partial charge in [-0.25, -0.2) is 0 Å². The number of carbonyl (C=O) groups excluding carboxylic acids is 1. The summed E-state index contributed by atoms with van der Waals surface area (Å²) in [6.07, 6.45) is 0.930. The van der Waals surface area contributed by atoms with Crippen LogP contribution in [0.25, 0.3) is 0 Å². The number of amides is 1. The zero-order valence-corrected chi connectivity index (χ0v) is 9.79. The lowest BCUT2D eigenvalue weighted by Crippen LogP contribution is -2.31. The van der Waals surface area contributed by atoms with Crippen molar-refractivity contribution in [3.8, 4) is 6.07 Å². The van der Waals surface area contributed by atoms with Gasteiger partial charge in [0, 0.05) is 11.4 Å². The van der Waals surface area contributed by atoms with Crippen LogP contribution in [0, 0.1) is 11.3 Å². The standard InChI is InChI=1S/C12H13ClN2O/c1-9(8-14)15-12(16)7-6-10-4-2-3-5-11(10)13/h2-5,9H,6-7H2,1H3,(H,15,16)/t9-/m1/s1. The Kier molecular flexibility index (Phi) is 4.81. The van der Waals surface area contributed by atoms with Crippen LogP contribution >= 0.6 is 11.6 Å². The molecule has 0 aromatic heterocycles. The van der Waals surface area contributed by atoms with E-state index in [1.54, 1.807) is 13.0 Å². The maximum atomic E-state index is 11.4. The minimum Gasteiger partial charge on any atom is -0.341 e. The third-order valence-electron chi connectivity index (χ3n) is 2.15. The smallest absolute Gasteiger partial charge is 0.221 e. The number of carbonyl (C=O) groups is 1. The molecule has 0 saturated carbocycles. The molecule has 84 valence electrons. The Bertz CT molecular complexity index is 412. The number of nitrogens with zero attached hydrogens (tertiary/aromatic N) is 1. The van der Waals surface area contributed by atoms with E-state index in [1.807, 2.05) is 24.3 Å². The van der Waals surface area contributed by atoms with Gasteiger partial charge in [0.25, 0.3) is 0 Å². The highest BCUT2D eigenvalue weighted by Gasteiger charge is 2.07. The molecule has 1 N–H and O–H groups in total. The second-order valence-corrected chi connectivity index (χ2v) is 3.92. The molecule has 1 aromatic rings. The fraction of sp³-hybridized carbons (Fsp3) is 0.333. The van der Waals surface area contributed by atoms with Crippen molar-refractivity contribution in [2.24, 2.45) is 0 Å². The van der Waals surface area contributed by atoms with Crippen molar-refractivity contribution in [2.75, 3.05) is 0 Å². The maximum absolute atomic E-state index is 11.4. The Morgan fingerprint density at radius 2 is 2.25 bits per heavy atom. The quantitative estimate of drug-likeness (QED) is 0.872. The number of aryl methyl sites for hydroxylation is 1. The van der Waals surface area contributed by atoms with Crippen molar-refractivity contribution < 1.29 is 4.79 Å². The summed E-state index contributed by atoms with van der Waals surface area (Å²) in [5.41, 5.74) is 0.948. The topological polar surface area (TPSA) is 52.9 Å². The number of halogens is 1. The van der Waals surface area contributed by atoms with Crippen LogP contribution in [0.3, 0.4) is 0 Å². The van der Waals surface area contributed by atoms with E-state index in [-0.39, 0.29) is 5.91 Å². The van der Waals surface area contributed by atoms with Gasteiger partial charge in [0.2, 0.25) is 5.91 Å². The third-order valence-corrected chi connectivity index (χ3v) is 2.52. The summed E-state index contributed by atoms with van der Waals surface area (Å²) in [6.45, 7) is 1.65. The highest BCUT2D eigenvalue weighted by atomic mass is 35.5. The lowest BCUT2D eigenvalue weighted by Gasteiger charge is -2.07. The maximum Gasteiger partial charge on any atom is 0.221 e. The van der Waals surface area contributed by atoms with Crippen LogP contribution in [-0.4, -0.2) is 11.9 Å². The average Bonchev–Trinajstić information content (AvgIpc) is 2.28. The van der Waals surface area contributed by atoms with Gasteiger partial charge in [-0.1, -0.05) is 29.8 Å². The SMILES string of the molecule is C[C@H](C#N)NC(=O)CCc1ccccc1Cl. The normalized spacial score (nSPS) is 11.6. The minimum absolute atomic E-state index is 0.131. The zero-order chi connectivity index (χ0) is 12.0. The van der Waals surface area contributed by atoms with E-state index in [9.17, 15) is 4.79 Å². The van der Waals surface area contributed by atoms with Crippen LogP contribution in [0.5, 0.6) is 0 Å². The second kappa shape index (κ2) is 6.14. The molecule has 1 rings (SSSR count). The van der Waals surface area contributed by atoms with Gasteiger partial charge in [-0.05, 0) is 25.0 Å². The molecule has 0 aliphatic rings. The second-order valence-electron chi connectivity index (χ2n) is 3.51. The van der Waals surface area contributed by atoms with Crippen molar-refractivity contribution in [3.63, 3.8) is 0 Å². The largest absolute Gasteiger partial charge is 0.341 e. The molecule has 0 radical (unpaired) electrons. The van der Waals surface area contributed by atoms with Crippen LogP contribution < -0.4 is 5.32 Å². The van der Waals surface area contributed by atoms with E-state index in [1.165, 1.54) is 0 Å². The Morgan fingerprint density at radius 3 is 2.88 bits per heavy atom. The van der Waals surface area contributed by atoms with E-state index >= 15 is 0 Å². The first-order valence-electron chi connectivity index (χ1n) is 5.06. The Morgan fingerprint density at radius 1 is 1.56 bits per heavy atom. The molecule has 0 spiro atoms. The molecule has 0 fully saturated rings. The highest BCUT2D eigenvalue weighted by Crippen LogP contribution is 2.16. The summed E-state index contributed by atoms with van der Waals surface area (Å²) < 4.78 is 0. The Balaban J connectivity index is 2.44. The van der Waals surface area contributed by atoms with E-state index in [2.05, 4.69) is 5.32 Å². The summed E-state index contributed by atoms with van der Waals surface area (Å²) in [4.78, 5) is 11.4. The summed E-state index contributed by atoms with van der Waals surface area (Å²) >= 11 is 5.96. The number of nitriles is 1. The van der Waals surface area contributed by atoms with Crippen molar-refractivity contribution in [1.82, 2.24) is 5.32 Å². The van der Waals surface area contributed by atoms with Gasteiger partial charge in [0.1, 0.15) is 6.04 Å². The van der Waals surface area contributed by atoms with E-state index in [0.29, 0.717) is 17.9 Å². The van der Waals surface area contributed by atoms with Gasteiger partial charge in [-0.2, -0.15) is 5.26 Å². The van der Waals surface area contributed by atoms with E-state index < -0.39 is 6.04 Å². The predicted octanol–water partition coefficient (Wildman–Crippen LogP) is 2.30. The molecule has 0 unspecified atom stereocenters. The molecule has 0 aliphatic heterocycles. The molecule has 4 heteroatoms. The predicted molar refractivity (Wildman–Crippen MR) is 63.0 cm³/mol. The fourth-order valence-corrected chi connectivity index (χ4v) is 1.53. The van der Waals surface area contributed by atoms with Gasteiger partial charge >= 0.3 is 0 Å². The Labute approximate surface area is 100 Å². The van der Waals surface area contributed by atoms with Crippen molar-refractivity contribution in [3.05, 3.63) is 34.9 Å². The molecule has 0 heterocycles. The van der Waals surface area contributed by atoms with Crippen molar-refractivity contribution >= 4 is 17.5 Å². The number of benzene rings is 1. The molecule has 0 saturated heterocycles. The van der Waals surface area contributed by atoms with Gasteiger partial charge < -0.3 is 5.32 Å². The van der Waals surface area contributed by atoms with Crippen LogP contribution in [0.15, 0.2) is 24.3 Å². The molecular weight excluding hydrogens is 224 g/mol. The molecule has 0 aliphatic carbocycles. The van der Waals surface area contributed by atoms with Gasteiger partial charge in [0.05, 0.1) is 6.07 Å². The average molecular weight is 237 g/mol. The minimum atomic E-state index is -0.446. The Hall–Kier alpha value is -1.53. The molecule has 1 aromatic carbocycles. The summed E-state index contributed by atoms with van der Waals surface area (Å²) in [7, 11) is 0. The summed E-state index contributed by atoms with van der Waals surface area (Å²) in [5, 5.41) is 11.8. The number of nitrogens with one attached hydrogen (secondary N) is 1. The molecule has 3 nitrogen and oxygen atoms in total. The zero-order valence-electron chi connectivity index (χ0n) is 9.03. The molecule has 0 bridgehead atoms. The monoisotopic (exact) mass is 236 g/mol. The lowest BCUT2D eigenvalue weighted by molar-refractivity contribution is -0.121. The first-order valence-corrected chi connectivity index (χ1v) is 5.43. The van der Waals surface area contributed by atoms with Gasteiger partial charge in [0.15, 0.2) is 0 Å². The highest BCUT2D eigenvalue weighted by molar-refractivity contribution is 6.31. The number of hydrogen-bond donors (Lipinski definition) is 1. The van der Waals surface area contributed by atoms with Crippen LogP contribution in [0.2, 0.25) is 5.02 Å². The lowest BCUT2D eigenvalue weighted by atomic mass is 10.1. The van der Waals surface area contributed by atoms with Crippen LogP contribution in [0.1, 0.15) is 18.9 Å². The first kappa shape index (κ1) is 12.5. The molecule has 16 heavy (non-hydrogen) atoms. The fourth-order valence-electron chi connectivity index (χ4n) is 1.30. The van der Waals surface area contributed by atoms with Crippen LogP contribution in [0.4, 0.5) is 0 Å². The number of hydrogen-bond acceptors (Lipinski definition) is 2. The van der Waals surface area contributed by atoms with Crippen LogP contribution in [-0.2, 0) is 11.2 Å². The van der Waals surface area contributed by atoms with E-state index in [4.69, 9.17) is 16.9 Å². The van der Waals surface area contributed by atoms with Gasteiger partial charge in [-0.15, -0.1) is 0 Å². The van der Waals surface area contributed by atoms with Crippen molar-refractivity contribution in [2.45, 2.75) is 25.8 Å². The molecular formula is C12H13ClN2O. The third kappa shape index (κ3) is 3.92. The van der Waals surface area contributed by atoms with E-state index in [0.717, 1.165) is 5.56 Å². The van der Waals surface area contributed by atoms with Gasteiger partial charge in [-0.3, -0.25) is 4.79 Å². The molecule has 1 amide bonds. The first-order chi connectivity index (χ1) is 7.63.